The molecule has 3 nitrogen and oxygen atoms in total. The highest BCUT2D eigenvalue weighted by Crippen LogP contribution is 2.11. The number of methoxy groups -OCH3 is 1. The molecule has 64 valence electrons. The van der Waals surface area contributed by atoms with Gasteiger partial charge in [0.15, 0.2) is 4.90 Å². The van der Waals surface area contributed by atoms with Crippen molar-refractivity contribution in [1.82, 2.24) is 0 Å². The Morgan fingerprint density at radius 3 is 2.50 bits per heavy atom. The first-order valence-corrected chi connectivity index (χ1v) is 4.45. The standard InChI is InChI=1S/C8H8O3S/c1-11-8(9)12(10)7-5-3-2-4-6-7/h2-6H,1H3. The van der Waals surface area contributed by atoms with Crippen LogP contribution in [-0.2, 0) is 15.9 Å². The molecule has 0 radical (unpaired) electrons. The average molecular weight is 184 g/mol. The van der Waals surface area contributed by atoms with Gasteiger partial charge in [-0.15, -0.1) is 0 Å². The molecule has 12 heavy (non-hydrogen) atoms. The maximum Gasteiger partial charge on any atom is 0.528 e. The molecule has 1 unspecified atom stereocenters. The zero-order chi connectivity index (χ0) is 8.97. The fourth-order valence-electron chi connectivity index (χ4n) is 0.716. The van der Waals surface area contributed by atoms with Gasteiger partial charge in [-0.05, 0) is 12.1 Å². The van der Waals surface area contributed by atoms with Crippen LogP contribution in [-0.4, -0.2) is 17.0 Å². The predicted octanol–water partition coefficient (Wildman–Crippen LogP) is 1.56. The van der Waals surface area contributed by atoms with Crippen LogP contribution >= 0.6 is 0 Å². The van der Waals surface area contributed by atoms with Crippen molar-refractivity contribution in [1.29, 1.82) is 0 Å². The zero-order valence-corrected chi connectivity index (χ0v) is 7.34. The van der Waals surface area contributed by atoms with Crippen LogP contribution in [0.4, 0.5) is 4.79 Å². The summed E-state index contributed by atoms with van der Waals surface area (Å²) in [6.07, 6.45) is 0. The lowest BCUT2D eigenvalue weighted by molar-refractivity contribution is 0.197. The molecule has 1 rings (SSSR count). The second-order valence-corrected chi connectivity index (χ2v) is 3.38. The molecule has 0 N–H and O–H groups in total. The van der Waals surface area contributed by atoms with Gasteiger partial charge >= 0.3 is 5.30 Å². The van der Waals surface area contributed by atoms with E-state index in [9.17, 15) is 9.35 Å². The molecule has 1 atom stereocenters. The number of carbonyl (C=O) groups excluding carboxylic acids is 1. The largest absolute Gasteiger partial charge is 0.601 e. The quantitative estimate of drug-likeness (QED) is 0.491. The molecule has 0 aliphatic rings. The molecule has 0 heterocycles. The highest BCUT2D eigenvalue weighted by atomic mass is 32.2. The molecule has 0 fully saturated rings. The van der Waals surface area contributed by atoms with Crippen molar-refractivity contribution in [3.8, 4) is 0 Å². The first-order chi connectivity index (χ1) is 5.75. The summed E-state index contributed by atoms with van der Waals surface area (Å²) < 4.78 is 15.5. The Balaban J connectivity index is 2.78. The lowest BCUT2D eigenvalue weighted by Crippen LogP contribution is -2.14. The second kappa shape index (κ2) is 4.13. The number of hydrogen-bond acceptors (Lipinski definition) is 3. The van der Waals surface area contributed by atoms with Gasteiger partial charge in [0.25, 0.3) is 0 Å². The Labute approximate surface area is 73.5 Å². The van der Waals surface area contributed by atoms with Crippen molar-refractivity contribution in [2.45, 2.75) is 4.90 Å². The zero-order valence-electron chi connectivity index (χ0n) is 6.52. The van der Waals surface area contributed by atoms with Crippen LogP contribution in [0.15, 0.2) is 35.2 Å². The van der Waals surface area contributed by atoms with E-state index >= 15 is 0 Å². The molecule has 1 aromatic rings. The van der Waals surface area contributed by atoms with Gasteiger partial charge in [0.2, 0.25) is 0 Å². The third-order valence-corrected chi connectivity index (χ3v) is 2.45. The molecule has 4 heteroatoms. The van der Waals surface area contributed by atoms with E-state index < -0.39 is 16.5 Å². The lowest BCUT2D eigenvalue weighted by Gasteiger charge is -2.04. The molecule has 0 aliphatic heterocycles. The normalized spacial score (nSPS) is 12.2. The van der Waals surface area contributed by atoms with Crippen molar-refractivity contribution in [3.63, 3.8) is 0 Å². The van der Waals surface area contributed by atoms with Gasteiger partial charge < -0.3 is 9.29 Å². The minimum atomic E-state index is -1.69. The maximum absolute atomic E-state index is 11.2. The van der Waals surface area contributed by atoms with Gasteiger partial charge in [0, 0.05) is 0 Å². The highest BCUT2D eigenvalue weighted by molar-refractivity contribution is 8.05. The molecule has 1 aromatic carbocycles. The monoisotopic (exact) mass is 184 g/mol. The van der Waals surface area contributed by atoms with Gasteiger partial charge in [-0.2, -0.15) is 4.79 Å². The minimum Gasteiger partial charge on any atom is -0.601 e. The van der Waals surface area contributed by atoms with Gasteiger partial charge in [0.1, 0.15) is 11.2 Å². The van der Waals surface area contributed by atoms with E-state index in [0.29, 0.717) is 4.90 Å². The van der Waals surface area contributed by atoms with Crippen molar-refractivity contribution >= 4 is 16.5 Å². The van der Waals surface area contributed by atoms with Gasteiger partial charge in [-0.3, -0.25) is 0 Å². The van der Waals surface area contributed by atoms with E-state index in [-0.39, 0.29) is 0 Å². The predicted molar refractivity (Wildman–Crippen MR) is 45.3 cm³/mol. The van der Waals surface area contributed by atoms with Crippen molar-refractivity contribution < 1.29 is 14.1 Å². The number of ether oxygens (including phenoxy) is 1. The molecule has 0 aliphatic carbocycles. The number of benzene rings is 1. The Bertz CT molecular complexity index is 260. The van der Waals surface area contributed by atoms with Crippen LogP contribution in [0.5, 0.6) is 0 Å². The second-order valence-electron chi connectivity index (χ2n) is 2.04. The summed E-state index contributed by atoms with van der Waals surface area (Å²) in [5.41, 5.74) is 0. The summed E-state index contributed by atoms with van der Waals surface area (Å²) >= 11 is -1.69. The van der Waals surface area contributed by atoms with Crippen molar-refractivity contribution in [3.05, 3.63) is 30.3 Å². The highest BCUT2D eigenvalue weighted by Gasteiger charge is 2.22. The summed E-state index contributed by atoms with van der Waals surface area (Å²) in [6.45, 7) is 0. The molecular weight excluding hydrogens is 176 g/mol. The molecule has 0 spiro atoms. The van der Waals surface area contributed by atoms with Crippen molar-refractivity contribution in [2.24, 2.45) is 0 Å². The Morgan fingerprint density at radius 1 is 1.42 bits per heavy atom. The first kappa shape index (κ1) is 9.09. The summed E-state index contributed by atoms with van der Waals surface area (Å²) in [5.74, 6) is 0. The summed E-state index contributed by atoms with van der Waals surface area (Å²) in [7, 11) is 1.21. The molecule has 0 saturated heterocycles. The smallest absolute Gasteiger partial charge is 0.528 e. The number of hydrogen-bond donors (Lipinski definition) is 0. The van der Waals surface area contributed by atoms with E-state index in [4.69, 9.17) is 0 Å². The maximum atomic E-state index is 11.2. The fourth-order valence-corrected chi connectivity index (χ4v) is 1.46. The van der Waals surface area contributed by atoms with Gasteiger partial charge in [0.05, 0.1) is 7.11 Å². The first-order valence-electron chi connectivity index (χ1n) is 3.30. The SMILES string of the molecule is COC(=O)[S+]([O-])c1ccccc1. The topological polar surface area (TPSA) is 49.4 Å². The summed E-state index contributed by atoms with van der Waals surface area (Å²) in [6, 6.07) is 8.46. The van der Waals surface area contributed by atoms with Crippen LogP contribution in [0.25, 0.3) is 0 Å². The number of carbonyl (C=O) groups is 1. The fraction of sp³-hybridized carbons (Fsp3) is 0.125. The minimum absolute atomic E-state index is 0.462. The molecule has 0 bridgehead atoms. The molecule has 0 aromatic heterocycles. The number of rotatable bonds is 1. The average Bonchev–Trinajstić information content (AvgIpc) is 2.17. The van der Waals surface area contributed by atoms with Gasteiger partial charge in [-0.1, -0.05) is 18.2 Å². The third kappa shape index (κ3) is 1.99. The Morgan fingerprint density at radius 2 is 2.00 bits per heavy atom. The Hall–Kier alpha value is -1.00. The molecule has 0 saturated carbocycles. The van der Waals surface area contributed by atoms with Crippen LogP contribution < -0.4 is 0 Å². The third-order valence-electron chi connectivity index (χ3n) is 1.28. The van der Waals surface area contributed by atoms with Crippen LogP contribution in [0.2, 0.25) is 0 Å². The lowest BCUT2D eigenvalue weighted by atomic mass is 10.4. The van der Waals surface area contributed by atoms with Crippen molar-refractivity contribution in [2.75, 3.05) is 7.11 Å². The summed E-state index contributed by atoms with van der Waals surface area (Å²) in [4.78, 5) is 11.3. The molecular formula is C8H8O3S. The van der Waals surface area contributed by atoms with Crippen LogP contribution in [0, 0.1) is 0 Å². The van der Waals surface area contributed by atoms with E-state index in [1.807, 2.05) is 0 Å². The van der Waals surface area contributed by atoms with Crippen LogP contribution in [0.1, 0.15) is 0 Å². The summed E-state index contributed by atoms with van der Waals surface area (Å²) in [5, 5.41) is -0.721. The van der Waals surface area contributed by atoms with E-state index in [2.05, 4.69) is 4.74 Å². The Kier molecular flexibility index (Phi) is 3.13. The van der Waals surface area contributed by atoms with E-state index in [1.165, 1.54) is 7.11 Å². The van der Waals surface area contributed by atoms with E-state index in [1.54, 1.807) is 30.3 Å². The van der Waals surface area contributed by atoms with Gasteiger partial charge in [-0.25, -0.2) is 0 Å². The van der Waals surface area contributed by atoms with Crippen LogP contribution in [0.3, 0.4) is 0 Å². The molecule has 0 amide bonds. The van der Waals surface area contributed by atoms with E-state index in [0.717, 1.165) is 0 Å².